The zero-order valence-corrected chi connectivity index (χ0v) is 18.6. The Morgan fingerprint density at radius 3 is 1.80 bits per heavy atom. The van der Waals surface area contributed by atoms with Crippen LogP contribution in [0.25, 0.3) is 11.3 Å². The summed E-state index contributed by atoms with van der Waals surface area (Å²) in [6, 6.07) is 22.0. The minimum Gasteiger partial charge on any atom is -0.492 e. The third kappa shape index (κ3) is 7.02. The van der Waals surface area contributed by atoms with Crippen LogP contribution in [0.1, 0.15) is 62.6 Å². The van der Waals surface area contributed by atoms with E-state index >= 15 is 0 Å². The molecule has 0 atom stereocenters. The number of unbranched alkanes of at least 4 members (excludes halogenated alkanes) is 3. The minimum absolute atomic E-state index is 0.758. The van der Waals surface area contributed by atoms with Gasteiger partial charge < -0.3 is 4.74 Å². The van der Waals surface area contributed by atoms with E-state index in [1.807, 2.05) is 18.3 Å². The highest BCUT2D eigenvalue weighted by atomic mass is 16.5. The van der Waals surface area contributed by atoms with Crippen molar-refractivity contribution in [3.8, 4) is 17.0 Å². The van der Waals surface area contributed by atoms with E-state index in [0.29, 0.717) is 0 Å². The SMILES string of the molecule is CCCCCc1ccc(CCc2ccc(-c3ccc(OCCCC)cn3)cc2)cc1. The molecule has 0 aliphatic rings. The van der Waals surface area contributed by atoms with Gasteiger partial charge in [0.15, 0.2) is 0 Å². The topological polar surface area (TPSA) is 22.1 Å². The Bertz CT molecular complexity index is 851. The van der Waals surface area contributed by atoms with Crippen molar-refractivity contribution in [1.82, 2.24) is 4.98 Å². The molecule has 0 amide bonds. The molecule has 0 saturated heterocycles. The molecule has 0 aliphatic heterocycles. The van der Waals surface area contributed by atoms with E-state index in [4.69, 9.17) is 4.74 Å². The van der Waals surface area contributed by atoms with Crippen molar-refractivity contribution in [1.29, 1.82) is 0 Å². The molecular weight excluding hydrogens is 366 g/mol. The van der Waals surface area contributed by atoms with Gasteiger partial charge in [-0.05, 0) is 60.9 Å². The molecule has 158 valence electrons. The molecule has 0 saturated carbocycles. The van der Waals surface area contributed by atoms with Crippen LogP contribution in [-0.4, -0.2) is 11.6 Å². The lowest BCUT2D eigenvalue weighted by Gasteiger charge is -2.07. The van der Waals surface area contributed by atoms with E-state index in [0.717, 1.165) is 49.3 Å². The molecule has 3 rings (SSSR count). The van der Waals surface area contributed by atoms with Crippen LogP contribution >= 0.6 is 0 Å². The maximum atomic E-state index is 5.70. The predicted octanol–water partition coefficient (Wildman–Crippen LogP) is 7.45. The molecule has 2 aromatic carbocycles. The zero-order valence-electron chi connectivity index (χ0n) is 18.6. The van der Waals surface area contributed by atoms with Gasteiger partial charge >= 0.3 is 0 Å². The normalized spacial score (nSPS) is 10.9. The average molecular weight is 402 g/mol. The molecule has 1 heterocycles. The quantitative estimate of drug-likeness (QED) is 0.294. The first-order valence-electron chi connectivity index (χ1n) is 11.5. The summed E-state index contributed by atoms with van der Waals surface area (Å²) in [5, 5.41) is 0. The summed E-state index contributed by atoms with van der Waals surface area (Å²) in [4.78, 5) is 4.56. The van der Waals surface area contributed by atoms with Gasteiger partial charge in [-0.3, -0.25) is 4.98 Å². The van der Waals surface area contributed by atoms with Gasteiger partial charge in [0, 0.05) is 5.56 Å². The third-order valence-electron chi connectivity index (χ3n) is 5.55. The van der Waals surface area contributed by atoms with Crippen molar-refractivity contribution in [2.24, 2.45) is 0 Å². The summed E-state index contributed by atoms with van der Waals surface area (Å²) in [5.74, 6) is 0.847. The van der Waals surface area contributed by atoms with Gasteiger partial charge in [-0.15, -0.1) is 0 Å². The van der Waals surface area contributed by atoms with E-state index < -0.39 is 0 Å². The van der Waals surface area contributed by atoms with Crippen molar-refractivity contribution in [3.63, 3.8) is 0 Å². The lowest BCUT2D eigenvalue weighted by atomic mass is 10.00. The lowest BCUT2D eigenvalue weighted by molar-refractivity contribution is 0.308. The fraction of sp³-hybridized carbons (Fsp3) is 0.393. The fourth-order valence-corrected chi connectivity index (χ4v) is 3.55. The third-order valence-corrected chi connectivity index (χ3v) is 5.55. The first kappa shape index (κ1) is 22.1. The van der Waals surface area contributed by atoms with Crippen LogP contribution in [0.5, 0.6) is 5.75 Å². The van der Waals surface area contributed by atoms with Gasteiger partial charge in [0.05, 0.1) is 18.5 Å². The second kappa shape index (κ2) is 12.2. The first-order chi connectivity index (χ1) is 14.8. The number of aryl methyl sites for hydroxylation is 3. The Balaban J connectivity index is 1.49. The number of aromatic nitrogens is 1. The number of rotatable bonds is 12. The second-order valence-electron chi connectivity index (χ2n) is 8.05. The number of nitrogens with zero attached hydrogens (tertiary/aromatic N) is 1. The van der Waals surface area contributed by atoms with Crippen LogP contribution in [0.4, 0.5) is 0 Å². The van der Waals surface area contributed by atoms with Crippen LogP contribution < -0.4 is 4.74 Å². The standard InChI is InChI=1S/C28H35NO/c1-3-5-7-8-23-9-11-24(12-10-23)13-14-25-15-17-26(18-16-25)28-20-19-27(22-29-28)30-21-6-4-2/h9-12,15-20,22H,3-8,13-14,21H2,1-2H3. The van der Waals surface area contributed by atoms with Crippen LogP contribution in [0.15, 0.2) is 66.9 Å². The number of pyridine rings is 1. The smallest absolute Gasteiger partial charge is 0.137 e. The Hall–Kier alpha value is -2.61. The largest absolute Gasteiger partial charge is 0.492 e. The van der Waals surface area contributed by atoms with Crippen molar-refractivity contribution in [2.45, 2.75) is 65.2 Å². The molecule has 0 bridgehead atoms. The van der Waals surface area contributed by atoms with Gasteiger partial charge in [0.2, 0.25) is 0 Å². The van der Waals surface area contributed by atoms with Crippen molar-refractivity contribution < 1.29 is 4.74 Å². The van der Waals surface area contributed by atoms with Crippen molar-refractivity contribution >= 4 is 0 Å². The van der Waals surface area contributed by atoms with Crippen molar-refractivity contribution in [3.05, 3.63) is 83.6 Å². The first-order valence-corrected chi connectivity index (χ1v) is 11.5. The van der Waals surface area contributed by atoms with Gasteiger partial charge in [0.1, 0.15) is 5.75 Å². The van der Waals surface area contributed by atoms with Crippen LogP contribution in [0, 0.1) is 0 Å². The minimum atomic E-state index is 0.758. The van der Waals surface area contributed by atoms with E-state index in [1.165, 1.54) is 42.4 Å². The highest BCUT2D eigenvalue weighted by Crippen LogP contribution is 2.21. The molecule has 1 aromatic heterocycles. The monoisotopic (exact) mass is 401 g/mol. The van der Waals surface area contributed by atoms with E-state index in [1.54, 1.807) is 0 Å². The summed E-state index contributed by atoms with van der Waals surface area (Å²) < 4.78 is 5.70. The zero-order chi connectivity index (χ0) is 21.0. The van der Waals surface area contributed by atoms with Gasteiger partial charge in [0.25, 0.3) is 0 Å². The fourth-order valence-electron chi connectivity index (χ4n) is 3.55. The Morgan fingerprint density at radius 2 is 1.23 bits per heavy atom. The number of hydrogen-bond acceptors (Lipinski definition) is 2. The lowest BCUT2D eigenvalue weighted by Crippen LogP contribution is -1.97. The highest BCUT2D eigenvalue weighted by Gasteiger charge is 2.02. The Kier molecular flexibility index (Phi) is 8.96. The average Bonchev–Trinajstić information content (AvgIpc) is 2.80. The molecule has 0 aliphatic carbocycles. The summed E-state index contributed by atoms with van der Waals surface area (Å²) in [6.45, 7) is 5.18. The maximum absolute atomic E-state index is 5.70. The van der Waals surface area contributed by atoms with Gasteiger partial charge in [-0.2, -0.15) is 0 Å². The summed E-state index contributed by atoms with van der Waals surface area (Å²) >= 11 is 0. The molecular formula is C28H35NO. The Morgan fingerprint density at radius 1 is 0.633 bits per heavy atom. The molecule has 3 aromatic rings. The molecule has 2 heteroatoms. The van der Waals surface area contributed by atoms with Crippen molar-refractivity contribution in [2.75, 3.05) is 6.61 Å². The summed E-state index contributed by atoms with van der Waals surface area (Å²) in [5.41, 5.74) is 6.38. The van der Waals surface area contributed by atoms with Crippen LogP contribution in [0.3, 0.4) is 0 Å². The van der Waals surface area contributed by atoms with E-state index in [2.05, 4.69) is 67.4 Å². The molecule has 0 spiro atoms. The molecule has 30 heavy (non-hydrogen) atoms. The molecule has 0 radical (unpaired) electrons. The Labute approximate surface area is 182 Å². The van der Waals surface area contributed by atoms with Crippen LogP contribution in [-0.2, 0) is 19.3 Å². The molecule has 0 unspecified atom stereocenters. The molecule has 2 nitrogen and oxygen atoms in total. The number of hydrogen-bond donors (Lipinski definition) is 0. The molecule has 0 N–H and O–H groups in total. The maximum Gasteiger partial charge on any atom is 0.137 e. The second-order valence-corrected chi connectivity index (χ2v) is 8.05. The summed E-state index contributed by atoms with van der Waals surface area (Å²) in [7, 11) is 0. The van der Waals surface area contributed by atoms with E-state index in [-0.39, 0.29) is 0 Å². The summed E-state index contributed by atoms with van der Waals surface area (Å²) in [6.07, 6.45) is 11.3. The van der Waals surface area contributed by atoms with E-state index in [9.17, 15) is 0 Å². The highest BCUT2D eigenvalue weighted by molar-refractivity contribution is 5.59. The van der Waals surface area contributed by atoms with Gasteiger partial charge in [-0.25, -0.2) is 0 Å². The van der Waals surface area contributed by atoms with Gasteiger partial charge in [-0.1, -0.05) is 81.6 Å². The number of benzene rings is 2. The van der Waals surface area contributed by atoms with Crippen LogP contribution in [0.2, 0.25) is 0 Å². The molecule has 0 fully saturated rings. The number of ether oxygens (including phenoxy) is 1. The predicted molar refractivity (Wildman–Crippen MR) is 127 cm³/mol.